The van der Waals surface area contributed by atoms with Crippen molar-refractivity contribution in [2.24, 2.45) is 5.92 Å². The van der Waals surface area contributed by atoms with Crippen molar-refractivity contribution in [1.29, 1.82) is 0 Å². The van der Waals surface area contributed by atoms with Crippen molar-refractivity contribution in [2.75, 3.05) is 17.2 Å². The molecule has 1 aliphatic heterocycles. The minimum atomic E-state index is -4.68. The Labute approximate surface area is 120 Å². The number of anilines is 1. The largest absolute Gasteiger partial charge is 0.311 e. The van der Waals surface area contributed by atoms with Gasteiger partial charge in [0.2, 0.25) is 5.91 Å². The molecule has 5 nitrogen and oxygen atoms in total. The molecule has 0 spiro atoms. The molecule has 1 saturated heterocycles. The van der Waals surface area contributed by atoms with E-state index in [9.17, 15) is 26.3 Å². The number of carbonyl (C=O) groups is 2. The highest BCUT2D eigenvalue weighted by molar-refractivity contribution is 7.86. The number of nitrogens with zero attached hydrogens (tertiary/aromatic N) is 1. The molecule has 1 heterocycles. The van der Waals surface area contributed by atoms with E-state index in [-0.39, 0.29) is 24.2 Å². The molecule has 1 atom stereocenters. The molecular formula is C13H13F2NO4S. The maximum Gasteiger partial charge on any atom is 0.302 e. The van der Waals surface area contributed by atoms with E-state index >= 15 is 0 Å². The second kappa shape index (κ2) is 5.51. The Kier molecular flexibility index (Phi) is 4.08. The van der Waals surface area contributed by atoms with Gasteiger partial charge in [0.1, 0.15) is 5.82 Å². The van der Waals surface area contributed by atoms with Crippen LogP contribution >= 0.6 is 0 Å². The molecular weight excluding hydrogens is 304 g/mol. The van der Waals surface area contributed by atoms with Crippen molar-refractivity contribution in [3.63, 3.8) is 0 Å². The first-order valence-corrected chi connectivity index (χ1v) is 7.76. The Bertz CT molecular complexity index is 702. The highest BCUT2D eigenvalue weighted by atomic mass is 32.3. The topological polar surface area (TPSA) is 71.5 Å². The lowest BCUT2D eigenvalue weighted by atomic mass is 10.1. The second-order valence-corrected chi connectivity index (χ2v) is 6.41. The van der Waals surface area contributed by atoms with Crippen LogP contribution in [-0.4, -0.2) is 32.4 Å². The van der Waals surface area contributed by atoms with Crippen molar-refractivity contribution in [3.05, 3.63) is 29.6 Å². The number of carbonyl (C=O) groups excluding carboxylic acids is 2. The predicted molar refractivity (Wildman–Crippen MR) is 71.8 cm³/mol. The van der Waals surface area contributed by atoms with Crippen LogP contribution in [0.5, 0.6) is 0 Å². The SMILES string of the molecule is CC(=O)c1cc(F)ccc1N1CC(CS(=O)(=O)F)CC1=O. The number of Topliss-reactive ketones (excluding diaryl/α,β-unsaturated/α-hetero) is 1. The van der Waals surface area contributed by atoms with Crippen LogP contribution in [0.2, 0.25) is 0 Å². The predicted octanol–water partition coefficient (Wildman–Crippen LogP) is 1.68. The van der Waals surface area contributed by atoms with Crippen LogP contribution in [0.4, 0.5) is 14.0 Å². The molecule has 0 aliphatic carbocycles. The van der Waals surface area contributed by atoms with Gasteiger partial charge >= 0.3 is 10.2 Å². The Morgan fingerprint density at radius 3 is 2.67 bits per heavy atom. The van der Waals surface area contributed by atoms with Crippen LogP contribution in [0.15, 0.2) is 18.2 Å². The van der Waals surface area contributed by atoms with Gasteiger partial charge in [0.15, 0.2) is 5.78 Å². The normalized spacial score (nSPS) is 19.1. The average Bonchev–Trinajstić information content (AvgIpc) is 2.67. The fourth-order valence-electron chi connectivity index (χ4n) is 2.43. The van der Waals surface area contributed by atoms with Gasteiger partial charge < -0.3 is 4.90 Å². The monoisotopic (exact) mass is 317 g/mol. The molecule has 0 radical (unpaired) electrons. The van der Waals surface area contributed by atoms with E-state index in [1.807, 2.05) is 0 Å². The maximum atomic E-state index is 13.2. The lowest BCUT2D eigenvalue weighted by Crippen LogP contribution is -2.27. The average molecular weight is 317 g/mol. The number of benzene rings is 1. The van der Waals surface area contributed by atoms with Gasteiger partial charge in [-0.1, -0.05) is 0 Å². The van der Waals surface area contributed by atoms with Crippen molar-refractivity contribution in [2.45, 2.75) is 13.3 Å². The zero-order chi connectivity index (χ0) is 15.8. The van der Waals surface area contributed by atoms with Gasteiger partial charge in [-0.3, -0.25) is 9.59 Å². The number of hydrogen-bond donors (Lipinski definition) is 0. The van der Waals surface area contributed by atoms with Crippen LogP contribution in [0.1, 0.15) is 23.7 Å². The molecule has 0 bridgehead atoms. The zero-order valence-electron chi connectivity index (χ0n) is 11.2. The van der Waals surface area contributed by atoms with Crippen molar-refractivity contribution in [1.82, 2.24) is 0 Å². The minimum absolute atomic E-state index is 0.0199. The highest BCUT2D eigenvalue weighted by Crippen LogP contribution is 2.29. The lowest BCUT2D eigenvalue weighted by molar-refractivity contribution is -0.117. The maximum absolute atomic E-state index is 13.2. The van der Waals surface area contributed by atoms with Crippen LogP contribution in [-0.2, 0) is 15.0 Å². The standard InChI is InChI=1S/C13H13F2NO4S/c1-8(17)11-5-10(14)2-3-12(11)16-6-9(4-13(16)18)7-21(15,19)20/h2-3,5,9H,4,6-7H2,1H3. The van der Waals surface area contributed by atoms with Gasteiger partial charge in [-0.05, 0) is 25.1 Å². The molecule has 1 fully saturated rings. The smallest absolute Gasteiger partial charge is 0.302 e. The molecule has 1 amide bonds. The summed E-state index contributed by atoms with van der Waals surface area (Å²) in [6.07, 6.45) is -0.127. The van der Waals surface area contributed by atoms with Crippen LogP contribution in [0, 0.1) is 11.7 Å². The van der Waals surface area contributed by atoms with E-state index in [2.05, 4.69) is 0 Å². The molecule has 2 rings (SSSR count). The van der Waals surface area contributed by atoms with Gasteiger partial charge in [-0.15, -0.1) is 3.89 Å². The first-order chi connectivity index (χ1) is 9.67. The fraction of sp³-hybridized carbons (Fsp3) is 0.385. The summed E-state index contributed by atoms with van der Waals surface area (Å²) in [7, 11) is -4.68. The summed E-state index contributed by atoms with van der Waals surface area (Å²) in [5, 5.41) is 0. The molecule has 1 aliphatic rings. The van der Waals surface area contributed by atoms with E-state index in [4.69, 9.17) is 0 Å². The number of halogens is 2. The summed E-state index contributed by atoms with van der Waals surface area (Å²) in [4.78, 5) is 24.7. The Morgan fingerprint density at radius 1 is 1.43 bits per heavy atom. The van der Waals surface area contributed by atoms with E-state index in [0.717, 1.165) is 12.1 Å². The van der Waals surface area contributed by atoms with Crippen molar-refractivity contribution >= 4 is 27.6 Å². The first-order valence-electron chi connectivity index (χ1n) is 6.20. The minimum Gasteiger partial charge on any atom is -0.311 e. The summed E-state index contributed by atoms with van der Waals surface area (Å²) in [5.74, 6) is -2.88. The second-order valence-electron chi connectivity index (χ2n) is 5.00. The summed E-state index contributed by atoms with van der Waals surface area (Å²) in [6.45, 7) is 1.22. The van der Waals surface area contributed by atoms with Gasteiger partial charge in [-0.2, -0.15) is 8.42 Å². The van der Waals surface area contributed by atoms with Gasteiger partial charge in [0, 0.05) is 24.4 Å². The van der Waals surface area contributed by atoms with E-state index < -0.39 is 39.4 Å². The van der Waals surface area contributed by atoms with E-state index in [1.54, 1.807) is 0 Å². The Morgan fingerprint density at radius 2 is 2.10 bits per heavy atom. The molecule has 0 saturated carbocycles. The van der Waals surface area contributed by atoms with E-state index in [1.165, 1.54) is 17.9 Å². The summed E-state index contributed by atoms with van der Waals surface area (Å²) < 4.78 is 47.2. The third-order valence-corrected chi connectivity index (χ3v) is 4.14. The van der Waals surface area contributed by atoms with Gasteiger partial charge in [0.25, 0.3) is 0 Å². The summed E-state index contributed by atoms with van der Waals surface area (Å²) in [5.41, 5.74) is 0.250. The van der Waals surface area contributed by atoms with Crippen LogP contribution in [0.25, 0.3) is 0 Å². The Balaban J connectivity index is 2.31. The zero-order valence-corrected chi connectivity index (χ0v) is 12.0. The molecule has 0 N–H and O–H groups in total. The third kappa shape index (κ3) is 3.63. The highest BCUT2D eigenvalue weighted by Gasteiger charge is 2.35. The number of amides is 1. The molecule has 114 valence electrons. The number of rotatable bonds is 4. The molecule has 1 aromatic rings. The van der Waals surface area contributed by atoms with Crippen molar-refractivity contribution in [3.8, 4) is 0 Å². The molecule has 21 heavy (non-hydrogen) atoms. The van der Waals surface area contributed by atoms with Gasteiger partial charge in [0.05, 0.1) is 11.4 Å². The molecule has 1 aromatic carbocycles. The lowest BCUT2D eigenvalue weighted by Gasteiger charge is -2.19. The summed E-state index contributed by atoms with van der Waals surface area (Å²) >= 11 is 0. The third-order valence-electron chi connectivity index (χ3n) is 3.27. The molecule has 1 unspecified atom stereocenters. The quantitative estimate of drug-likeness (QED) is 0.626. The Hall–Kier alpha value is -1.83. The van der Waals surface area contributed by atoms with Crippen molar-refractivity contribution < 1.29 is 26.3 Å². The number of ketones is 1. The fourth-order valence-corrected chi connectivity index (χ4v) is 3.22. The first kappa shape index (κ1) is 15.6. The number of hydrogen-bond acceptors (Lipinski definition) is 4. The van der Waals surface area contributed by atoms with Crippen LogP contribution < -0.4 is 4.90 Å². The van der Waals surface area contributed by atoms with E-state index in [0.29, 0.717) is 0 Å². The van der Waals surface area contributed by atoms with Gasteiger partial charge in [-0.25, -0.2) is 4.39 Å². The summed E-state index contributed by atoms with van der Waals surface area (Å²) in [6, 6.07) is 3.41. The van der Waals surface area contributed by atoms with Crippen LogP contribution in [0.3, 0.4) is 0 Å². The molecule has 0 aromatic heterocycles. The molecule has 8 heteroatoms.